The molecule has 6 nitrogen and oxygen atoms in total. The molecule has 4 rings (SSSR count). The highest BCUT2D eigenvalue weighted by molar-refractivity contribution is 5.96. The second-order valence-corrected chi connectivity index (χ2v) is 8.53. The third-order valence-electron chi connectivity index (χ3n) is 6.32. The Bertz CT molecular complexity index is 921. The summed E-state index contributed by atoms with van der Waals surface area (Å²) in [6.45, 7) is 5.92. The van der Waals surface area contributed by atoms with Crippen molar-refractivity contribution >= 4 is 23.2 Å². The number of nitrogens with zero attached hydrogens (tertiary/aromatic N) is 1. The lowest BCUT2D eigenvalue weighted by Gasteiger charge is -2.40. The van der Waals surface area contributed by atoms with Gasteiger partial charge in [0.1, 0.15) is 0 Å². The van der Waals surface area contributed by atoms with Crippen molar-refractivity contribution in [3.63, 3.8) is 0 Å². The molecule has 0 aliphatic carbocycles. The standard InChI is InChI=1S/C25H32N4O2/c1-3-24(30)29-17(2)16-22(21-6-4-5-7-23(21)29)27-19-10-8-18(9-11-19)25(31)28-20-12-14-26-15-13-20/h4-11,17,20,22,26-27H,3,12-16H2,1-2H3,(H,28,31)/t17-,22+/m0/s1. The van der Waals surface area contributed by atoms with Gasteiger partial charge >= 0.3 is 0 Å². The number of anilines is 2. The normalized spacial score (nSPS) is 21.3. The van der Waals surface area contributed by atoms with Crippen molar-refractivity contribution in [2.75, 3.05) is 23.3 Å². The van der Waals surface area contributed by atoms with Gasteiger partial charge in [-0.15, -0.1) is 0 Å². The SMILES string of the molecule is CCC(=O)N1c2ccccc2[C@H](Nc2ccc(C(=O)NC3CCNCC3)cc2)C[C@@H]1C. The number of fused-ring (bicyclic) bond motifs is 1. The maximum Gasteiger partial charge on any atom is 0.251 e. The number of nitrogens with one attached hydrogen (secondary N) is 3. The quantitative estimate of drug-likeness (QED) is 0.687. The summed E-state index contributed by atoms with van der Waals surface area (Å²) >= 11 is 0. The summed E-state index contributed by atoms with van der Waals surface area (Å²) in [4.78, 5) is 27.0. The molecule has 2 aromatic rings. The number of para-hydroxylation sites is 1. The molecule has 2 aromatic carbocycles. The summed E-state index contributed by atoms with van der Waals surface area (Å²) in [6.07, 6.45) is 3.28. The Morgan fingerprint density at radius 1 is 1.06 bits per heavy atom. The van der Waals surface area contributed by atoms with Crippen LogP contribution in [0.25, 0.3) is 0 Å². The van der Waals surface area contributed by atoms with Gasteiger partial charge in [0.25, 0.3) is 5.91 Å². The molecule has 6 heteroatoms. The van der Waals surface area contributed by atoms with Gasteiger partial charge in [0.05, 0.1) is 6.04 Å². The number of rotatable bonds is 5. The van der Waals surface area contributed by atoms with Gasteiger partial charge in [-0.2, -0.15) is 0 Å². The van der Waals surface area contributed by atoms with Crippen molar-refractivity contribution in [3.05, 3.63) is 59.7 Å². The minimum atomic E-state index is -0.0104. The number of piperidine rings is 1. The number of benzene rings is 2. The first-order chi connectivity index (χ1) is 15.1. The Morgan fingerprint density at radius 3 is 2.48 bits per heavy atom. The molecule has 0 unspecified atom stereocenters. The second kappa shape index (κ2) is 9.52. The smallest absolute Gasteiger partial charge is 0.251 e. The molecule has 164 valence electrons. The molecule has 0 saturated carbocycles. The number of carbonyl (C=O) groups excluding carboxylic acids is 2. The van der Waals surface area contributed by atoms with Gasteiger partial charge in [0, 0.05) is 35.4 Å². The molecule has 1 saturated heterocycles. The Balaban J connectivity index is 1.46. The molecule has 2 aliphatic heterocycles. The predicted molar refractivity (Wildman–Crippen MR) is 124 cm³/mol. The van der Waals surface area contributed by atoms with E-state index in [2.05, 4.69) is 28.9 Å². The molecule has 0 spiro atoms. The number of amides is 2. The Labute approximate surface area is 184 Å². The van der Waals surface area contributed by atoms with E-state index in [0.29, 0.717) is 12.0 Å². The van der Waals surface area contributed by atoms with E-state index in [9.17, 15) is 9.59 Å². The summed E-state index contributed by atoms with van der Waals surface area (Å²) in [5.41, 5.74) is 3.78. The van der Waals surface area contributed by atoms with Crippen LogP contribution in [0.5, 0.6) is 0 Å². The molecular weight excluding hydrogens is 388 g/mol. The van der Waals surface area contributed by atoms with Gasteiger partial charge in [-0.05, 0) is 75.2 Å². The van der Waals surface area contributed by atoms with Crippen LogP contribution in [0, 0.1) is 0 Å². The lowest BCUT2D eigenvalue weighted by Crippen LogP contribution is -2.44. The van der Waals surface area contributed by atoms with Crippen LogP contribution in [-0.4, -0.2) is 37.0 Å². The van der Waals surface area contributed by atoms with E-state index in [1.165, 1.54) is 0 Å². The minimum Gasteiger partial charge on any atom is -0.378 e. The molecule has 2 heterocycles. The third kappa shape index (κ3) is 4.74. The molecule has 2 atom stereocenters. The van der Waals surface area contributed by atoms with Crippen molar-refractivity contribution in [1.29, 1.82) is 0 Å². The topological polar surface area (TPSA) is 73.5 Å². The van der Waals surface area contributed by atoms with Gasteiger partial charge in [0.15, 0.2) is 0 Å². The van der Waals surface area contributed by atoms with Crippen LogP contribution < -0.4 is 20.9 Å². The predicted octanol–water partition coefficient (Wildman–Crippen LogP) is 3.86. The largest absolute Gasteiger partial charge is 0.378 e. The molecule has 2 aliphatic rings. The average Bonchev–Trinajstić information content (AvgIpc) is 2.80. The van der Waals surface area contributed by atoms with Gasteiger partial charge in [0.2, 0.25) is 5.91 Å². The number of carbonyl (C=O) groups is 2. The van der Waals surface area contributed by atoms with Gasteiger partial charge < -0.3 is 20.9 Å². The van der Waals surface area contributed by atoms with Crippen molar-refractivity contribution in [1.82, 2.24) is 10.6 Å². The van der Waals surface area contributed by atoms with Crippen LogP contribution in [0.1, 0.15) is 61.5 Å². The zero-order valence-corrected chi connectivity index (χ0v) is 18.4. The zero-order valence-electron chi connectivity index (χ0n) is 18.4. The summed E-state index contributed by atoms with van der Waals surface area (Å²) in [7, 11) is 0. The number of hydrogen-bond donors (Lipinski definition) is 3. The summed E-state index contributed by atoms with van der Waals surface area (Å²) in [5, 5.41) is 10.1. The highest BCUT2D eigenvalue weighted by Crippen LogP contribution is 2.39. The second-order valence-electron chi connectivity index (χ2n) is 8.53. The van der Waals surface area contributed by atoms with E-state index in [-0.39, 0.29) is 29.9 Å². The fourth-order valence-corrected chi connectivity index (χ4v) is 4.65. The summed E-state index contributed by atoms with van der Waals surface area (Å²) < 4.78 is 0. The van der Waals surface area contributed by atoms with Crippen LogP contribution >= 0.6 is 0 Å². The fraction of sp³-hybridized carbons (Fsp3) is 0.440. The maximum atomic E-state index is 12.6. The van der Waals surface area contributed by atoms with Gasteiger partial charge in [-0.25, -0.2) is 0 Å². The number of hydrogen-bond acceptors (Lipinski definition) is 4. The molecule has 0 bridgehead atoms. The van der Waals surface area contributed by atoms with Crippen molar-refractivity contribution in [2.24, 2.45) is 0 Å². The molecule has 0 radical (unpaired) electrons. The van der Waals surface area contributed by atoms with E-state index in [1.807, 2.05) is 54.3 Å². The Kier molecular flexibility index (Phi) is 6.56. The van der Waals surface area contributed by atoms with E-state index in [0.717, 1.165) is 49.3 Å². The van der Waals surface area contributed by atoms with Gasteiger partial charge in [-0.3, -0.25) is 9.59 Å². The zero-order chi connectivity index (χ0) is 21.8. The van der Waals surface area contributed by atoms with Crippen LogP contribution in [0.15, 0.2) is 48.5 Å². The first-order valence-electron chi connectivity index (χ1n) is 11.4. The van der Waals surface area contributed by atoms with E-state index < -0.39 is 0 Å². The summed E-state index contributed by atoms with van der Waals surface area (Å²) in [5.74, 6) is 0.145. The Morgan fingerprint density at radius 2 is 1.77 bits per heavy atom. The summed E-state index contributed by atoms with van der Waals surface area (Å²) in [6, 6.07) is 16.3. The maximum absolute atomic E-state index is 12.6. The van der Waals surface area contributed by atoms with Gasteiger partial charge in [-0.1, -0.05) is 25.1 Å². The first-order valence-corrected chi connectivity index (χ1v) is 11.4. The molecular formula is C25H32N4O2. The average molecular weight is 421 g/mol. The van der Waals surface area contributed by atoms with Crippen LogP contribution in [-0.2, 0) is 4.79 Å². The highest BCUT2D eigenvalue weighted by atomic mass is 16.2. The van der Waals surface area contributed by atoms with Crippen molar-refractivity contribution < 1.29 is 9.59 Å². The monoisotopic (exact) mass is 420 g/mol. The fourth-order valence-electron chi connectivity index (χ4n) is 4.65. The van der Waals surface area contributed by atoms with Crippen LogP contribution in [0.4, 0.5) is 11.4 Å². The van der Waals surface area contributed by atoms with E-state index in [4.69, 9.17) is 0 Å². The molecule has 2 amide bonds. The third-order valence-corrected chi connectivity index (χ3v) is 6.32. The highest BCUT2D eigenvalue weighted by Gasteiger charge is 2.32. The first kappa shape index (κ1) is 21.4. The van der Waals surface area contributed by atoms with E-state index >= 15 is 0 Å². The van der Waals surface area contributed by atoms with E-state index in [1.54, 1.807) is 0 Å². The Hall–Kier alpha value is -2.86. The molecule has 1 fully saturated rings. The lowest BCUT2D eigenvalue weighted by molar-refractivity contribution is -0.118. The molecule has 0 aromatic heterocycles. The van der Waals surface area contributed by atoms with Crippen molar-refractivity contribution in [3.8, 4) is 0 Å². The minimum absolute atomic E-state index is 0.0104. The molecule has 3 N–H and O–H groups in total. The molecule has 31 heavy (non-hydrogen) atoms. The lowest BCUT2D eigenvalue weighted by atomic mass is 9.91. The van der Waals surface area contributed by atoms with Crippen LogP contribution in [0.2, 0.25) is 0 Å². The van der Waals surface area contributed by atoms with Crippen molar-refractivity contribution in [2.45, 2.75) is 57.7 Å². The van der Waals surface area contributed by atoms with Crippen LogP contribution in [0.3, 0.4) is 0 Å².